The zero-order valence-electron chi connectivity index (χ0n) is 26.1. The average molecular weight is 588 g/mol. The zero-order valence-corrected chi connectivity index (χ0v) is 26.1. The lowest BCUT2D eigenvalue weighted by atomic mass is 9.80. The first kappa shape index (κ1) is 31.9. The fourth-order valence-corrected chi connectivity index (χ4v) is 6.85. The van der Waals surface area contributed by atoms with Gasteiger partial charge in [-0.3, -0.25) is 24.0 Å². The number of urea groups is 1. The molecule has 0 aromatic heterocycles. The van der Waals surface area contributed by atoms with Crippen LogP contribution in [0.4, 0.5) is 4.79 Å². The van der Waals surface area contributed by atoms with E-state index in [2.05, 4.69) is 29.8 Å². The number of likely N-dealkylation sites (tertiary alicyclic amines) is 1. The molecule has 4 rings (SSSR count). The molecule has 3 aliphatic carbocycles. The quantitative estimate of drug-likeness (QED) is 0.254. The number of amides is 5. The second-order valence-corrected chi connectivity index (χ2v) is 15.0. The Balaban J connectivity index is 1.52. The van der Waals surface area contributed by atoms with Gasteiger partial charge < -0.3 is 26.6 Å². The minimum atomic E-state index is -1.09. The van der Waals surface area contributed by atoms with E-state index in [0.29, 0.717) is 13.0 Å². The molecule has 4 fully saturated rings. The molecule has 1 unspecified atom stereocenters. The first-order valence-corrected chi connectivity index (χ1v) is 15.5. The van der Waals surface area contributed by atoms with Gasteiger partial charge in [0.15, 0.2) is 5.78 Å². The molecule has 11 nitrogen and oxygen atoms in total. The first-order chi connectivity index (χ1) is 19.4. The largest absolute Gasteiger partial charge is 0.363 e. The van der Waals surface area contributed by atoms with Crippen molar-refractivity contribution in [1.29, 1.82) is 0 Å². The molecule has 1 saturated heterocycles. The smallest absolute Gasteiger partial charge is 0.316 e. The van der Waals surface area contributed by atoms with E-state index in [1.807, 2.05) is 34.6 Å². The summed E-state index contributed by atoms with van der Waals surface area (Å²) in [5.74, 6) is -2.71. The molecule has 4 aliphatic rings. The van der Waals surface area contributed by atoms with Crippen LogP contribution < -0.4 is 21.7 Å². The van der Waals surface area contributed by atoms with E-state index in [1.165, 1.54) is 4.90 Å². The Morgan fingerprint density at radius 2 is 1.57 bits per heavy atom. The third-order valence-corrected chi connectivity index (χ3v) is 10.1. The number of nitrogens with two attached hydrogens (primary N) is 1. The molecule has 1 heterocycles. The van der Waals surface area contributed by atoms with Crippen molar-refractivity contribution >= 4 is 35.3 Å². The third-order valence-electron chi connectivity index (χ3n) is 10.1. The molecule has 0 aromatic rings. The number of Topliss-reactive ketones (excluding diaryl/α,β-unsaturated/α-hetero) is 2. The van der Waals surface area contributed by atoms with E-state index >= 15 is 0 Å². The minimum Gasteiger partial charge on any atom is -0.363 e. The second kappa shape index (κ2) is 11.6. The van der Waals surface area contributed by atoms with Crippen molar-refractivity contribution in [3.8, 4) is 0 Å². The van der Waals surface area contributed by atoms with Crippen molar-refractivity contribution < 1.29 is 28.8 Å². The van der Waals surface area contributed by atoms with Crippen LogP contribution in [0, 0.1) is 40.4 Å². The lowest BCUT2D eigenvalue weighted by molar-refractivity contribution is -0.145. The van der Waals surface area contributed by atoms with Gasteiger partial charge in [-0.2, -0.15) is 0 Å². The Bertz CT molecular complexity index is 1140. The number of hydrogen-bond acceptors (Lipinski definition) is 6. The summed E-state index contributed by atoms with van der Waals surface area (Å²) in [5.41, 5.74) is 4.43. The molecule has 6 atom stereocenters. The second-order valence-electron chi connectivity index (χ2n) is 15.0. The highest BCUT2D eigenvalue weighted by Gasteiger charge is 2.70. The molecule has 0 aromatic carbocycles. The van der Waals surface area contributed by atoms with Crippen molar-refractivity contribution in [3.05, 3.63) is 0 Å². The molecule has 234 valence electrons. The van der Waals surface area contributed by atoms with E-state index in [-0.39, 0.29) is 40.8 Å². The van der Waals surface area contributed by atoms with Gasteiger partial charge in [0.25, 0.3) is 5.91 Å². The van der Waals surface area contributed by atoms with Crippen LogP contribution in [0.25, 0.3) is 0 Å². The van der Waals surface area contributed by atoms with Crippen LogP contribution in [0.3, 0.4) is 0 Å². The van der Waals surface area contributed by atoms with Gasteiger partial charge in [0, 0.05) is 12.5 Å². The number of nitrogens with zero attached hydrogens (tertiary/aromatic N) is 1. The topological polar surface area (TPSA) is 168 Å². The maximum atomic E-state index is 14.1. The zero-order chi connectivity index (χ0) is 31.3. The highest BCUT2D eigenvalue weighted by atomic mass is 16.2. The van der Waals surface area contributed by atoms with Crippen molar-refractivity contribution in [3.63, 3.8) is 0 Å². The van der Waals surface area contributed by atoms with Crippen LogP contribution in [0.15, 0.2) is 0 Å². The number of rotatable bonds is 12. The highest BCUT2D eigenvalue weighted by Crippen LogP contribution is 2.65. The normalized spacial score (nSPS) is 26.8. The summed E-state index contributed by atoms with van der Waals surface area (Å²) >= 11 is 0. The van der Waals surface area contributed by atoms with Crippen molar-refractivity contribution in [2.75, 3.05) is 6.54 Å². The Labute approximate surface area is 248 Å². The first-order valence-electron chi connectivity index (χ1n) is 15.5. The Hall–Kier alpha value is -2.98. The van der Waals surface area contributed by atoms with Crippen LogP contribution in [0.5, 0.6) is 0 Å². The van der Waals surface area contributed by atoms with Crippen molar-refractivity contribution in [1.82, 2.24) is 20.9 Å². The fourth-order valence-electron chi connectivity index (χ4n) is 6.85. The Morgan fingerprint density at radius 1 is 0.952 bits per heavy atom. The van der Waals surface area contributed by atoms with E-state index < -0.39 is 59.1 Å². The van der Waals surface area contributed by atoms with E-state index in [1.54, 1.807) is 0 Å². The SMILES string of the molecule is CC(C)[C@H](NC(=O)N[C@H](C(=O)N1C[C@H]2[C@@H]([C@H]1C(=O)NC(CC1CCC1)C(=O)C(N)=O)C2(C)C)C(C)(C)C)C(=O)C1CC1. The summed E-state index contributed by atoms with van der Waals surface area (Å²) in [4.78, 5) is 79.9. The number of primary amides is 1. The van der Waals surface area contributed by atoms with Crippen molar-refractivity contribution in [2.24, 2.45) is 46.2 Å². The number of hydrogen-bond donors (Lipinski definition) is 4. The molecule has 42 heavy (non-hydrogen) atoms. The lowest BCUT2D eigenvalue weighted by Gasteiger charge is -2.38. The number of carbonyl (C=O) groups is 6. The van der Waals surface area contributed by atoms with Gasteiger partial charge in [-0.1, -0.05) is 67.7 Å². The number of piperidine rings is 1. The van der Waals surface area contributed by atoms with Crippen LogP contribution >= 0.6 is 0 Å². The van der Waals surface area contributed by atoms with Gasteiger partial charge in [0.05, 0.1) is 12.1 Å². The van der Waals surface area contributed by atoms with Gasteiger partial charge in [-0.05, 0) is 53.8 Å². The predicted octanol–water partition coefficient (Wildman–Crippen LogP) is 1.92. The summed E-state index contributed by atoms with van der Waals surface area (Å²) in [6.45, 7) is 13.7. The predicted molar refractivity (Wildman–Crippen MR) is 156 cm³/mol. The molecule has 5 amide bonds. The van der Waals surface area contributed by atoms with E-state index in [4.69, 9.17) is 5.73 Å². The standard InChI is InChI=1S/C31H49N5O6/c1-15(2)21(23(37)17-11-12-17)34-29(42)35-25(30(3,4)5)28(41)36-14-18-20(31(18,6)7)22(36)27(40)33-19(24(38)26(32)39)13-16-9-8-10-16/h15-22,25H,8-14H2,1-7H3,(H2,32,39)(H,33,40)(H2,34,35,42)/t18-,19?,20-,21-,22-,25+/m0/s1. The van der Waals surface area contributed by atoms with Crippen LogP contribution in [-0.4, -0.2) is 70.9 Å². The van der Waals surface area contributed by atoms with Gasteiger partial charge in [-0.25, -0.2) is 4.79 Å². The van der Waals surface area contributed by atoms with E-state index in [9.17, 15) is 28.8 Å². The van der Waals surface area contributed by atoms with Gasteiger partial charge in [0.2, 0.25) is 17.6 Å². The minimum absolute atomic E-state index is 0.0133. The Morgan fingerprint density at radius 3 is 2.05 bits per heavy atom. The average Bonchev–Trinajstić information content (AvgIpc) is 3.74. The highest BCUT2D eigenvalue weighted by molar-refractivity contribution is 6.37. The number of carbonyl (C=O) groups excluding carboxylic acids is 6. The number of fused-ring (bicyclic) bond motifs is 1. The van der Waals surface area contributed by atoms with Crippen LogP contribution in [-0.2, 0) is 24.0 Å². The summed E-state index contributed by atoms with van der Waals surface area (Å²) < 4.78 is 0. The Kier molecular flexibility index (Phi) is 8.82. The summed E-state index contributed by atoms with van der Waals surface area (Å²) in [5, 5.41) is 8.40. The summed E-state index contributed by atoms with van der Waals surface area (Å²) in [6, 6.07) is -4.11. The van der Waals surface area contributed by atoms with Crippen LogP contribution in [0.1, 0.15) is 87.0 Å². The van der Waals surface area contributed by atoms with Gasteiger partial charge in [-0.15, -0.1) is 0 Å². The fraction of sp³-hybridized carbons (Fsp3) is 0.806. The molecule has 5 N–H and O–H groups in total. The molecule has 0 radical (unpaired) electrons. The monoisotopic (exact) mass is 587 g/mol. The molecular weight excluding hydrogens is 538 g/mol. The maximum Gasteiger partial charge on any atom is 0.316 e. The molecule has 11 heteroatoms. The van der Waals surface area contributed by atoms with Crippen molar-refractivity contribution in [2.45, 2.75) is 111 Å². The van der Waals surface area contributed by atoms with Crippen LogP contribution in [0.2, 0.25) is 0 Å². The lowest BCUT2D eigenvalue weighted by Crippen LogP contribution is -2.62. The molecule has 1 aliphatic heterocycles. The summed E-state index contributed by atoms with van der Waals surface area (Å²) in [7, 11) is 0. The number of nitrogens with one attached hydrogen (secondary N) is 3. The molecule has 0 bridgehead atoms. The van der Waals surface area contributed by atoms with Gasteiger partial charge >= 0.3 is 6.03 Å². The molecular formula is C31H49N5O6. The number of ketones is 2. The van der Waals surface area contributed by atoms with E-state index in [0.717, 1.165) is 32.1 Å². The molecule has 0 spiro atoms. The van der Waals surface area contributed by atoms with Gasteiger partial charge in [0.1, 0.15) is 12.1 Å². The maximum absolute atomic E-state index is 14.1. The third kappa shape index (κ3) is 6.49. The molecule has 3 saturated carbocycles. The summed E-state index contributed by atoms with van der Waals surface area (Å²) in [6.07, 6.45) is 4.90.